The normalized spacial score (nSPS) is 19.7. The standard InChI is InChI=1S/C27H26ClN3O4S/c1-18(32)29-24-9-11-25(12-10-24)36(34,35)30-15-20-14-22(17-30)26-13-6-21(27(33)31(26)16-20)5-2-19-3-7-23(28)8-4-19/h2-13,20,22H,14-17H2,1H3,(H,29,32)/b5-2+/t20-,22+/m0/s1. The molecule has 1 N–H and O–H groups in total. The predicted octanol–water partition coefficient (Wildman–Crippen LogP) is 4.44. The van der Waals surface area contributed by atoms with E-state index in [2.05, 4.69) is 5.32 Å². The Balaban J connectivity index is 1.37. The summed E-state index contributed by atoms with van der Waals surface area (Å²) in [5, 5.41) is 3.30. The van der Waals surface area contributed by atoms with Gasteiger partial charge in [0.1, 0.15) is 0 Å². The number of benzene rings is 2. The summed E-state index contributed by atoms with van der Waals surface area (Å²) in [6.45, 7) is 2.58. The van der Waals surface area contributed by atoms with Crippen LogP contribution in [0.5, 0.6) is 0 Å². The van der Waals surface area contributed by atoms with E-state index in [4.69, 9.17) is 11.6 Å². The van der Waals surface area contributed by atoms with Crippen molar-refractivity contribution in [1.29, 1.82) is 0 Å². The van der Waals surface area contributed by atoms with Crippen molar-refractivity contribution in [1.82, 2.24) is 8.87 Å². The van der Waals surface area contributed by atoms with Gasteiger partial charge < -0.3 is 9.88 Å². The zero-order valence-corrected chi connectivity index (χ0v) is 21.3. The zero-order valence-electron chi connectivity index (χ0n) is 19.7. The lowest BCUT2D eigenvalue weighted by molar-refractivity contribution is -0.114. The third-order valence-corrected chi connectivity index (χ3v) is 8.84. The number of piperidine rings is 1. The lowest BCUT2D eigenvalue weighted by Crippen LogP contribution is -2.49. The van der Waals surface area contributed by atoms with E-state index in [0.29, 0.717) is 35.9 Å². The van der Waals surface area contributed by atoms with Crippen LogP contribution in [0.2, 0.25) is 5.02 Å². The van der Waals surface area contributed by atoms with Gasteiger partial charge in [0.05, 0.1) is 4.90 Å². The number of fused-ring (bicyclic) bond motifs is 4. The van der Waals surface area contributed by atoms with Crippen molar-refractivity contribution in [2.24, 2.45) is 5.92 Å². The largest absolute Gasteiger partial charge is 0.326 e. The van der Waals surface area contributed by atoms with Crippen LogP contribution in [0.1, 0.15) is 36.1 Å². The molecule has 2 bridgehead atoms. The summed E-state index contributed by atoms with van der Waals surface area (Å²) in [7, 11) is -3.70. The smallest absolute Gasteiger partial charge is 0.258 e. The fourth-order valence-electron chi connectivity index (χ4n) is 5.06. The molecule has 0 spiro atoms. The summed E-state index contributed by atoms with van der Waals surface area (Å²) in [6, 6.07) is 17.4. The van der Waals surface area contributed by atoms with E-state index in [1.165, 1.54) is 23.4 Å². The molecular weight excluding hydrogens is 498 g/mol. The molecule has 2 atom stereocenters. The number of pyridine rings is 1. The number of carbonyl (C=O) groups is 1. The van der Waals surface area contributed by atoms with Gasteiger partial charge in [0.15, 0.2) is 0 Å². The first-order valence-corrected chi connectivity index (χ1v) is 13.6. The summed E-state index contributed by atoms with van der Waals surface area (Å²) in [5.74, 6) is -0.210. The number of hydrogen-bond acceptors (Lipinski definition) is 4. The number of rotatable bonds is 5. The first-order valence-electron chi connectivity index (χ1n) is 11.8. The highest BCUT2D eigenvalue weighted by atomic mass is 35.5. The molecule has 9 heteroatoms. The number of halogens is 1. The minimum absolute atomic E-state index is 0.0482. The lowest BCUT2D eigenvalue weighted by Gasteiger charge is -2.42. The second-order valence-corrected chi connectivity index (χ2v) is 11.7. The molecule has 7 nitrogen and oxygen atoms in total. The lowest BCUT2D eigenvalue weighted by atomic mass is 9.84. The Hall–Kier alpha value is -3.20. The van der Waals surface area contributed by atoms with Crippen molar-refractivity contribution in [3.8, 4) is 0 Å². The van der Waals surface area contributed by atoms with E-state index in [-0.39, 0.29) is 28.2 Å². The van der Waals surface area contributed by atoms with Gasteiger partial charge in [-0.1, -0.05) is 29.8 Å². The molecule has 3 aromatic rings. The van der Waals surface area contributed by atoms with E-state index in [9.17, 15) is 18.0 Å². The molecule has 3 heterocycles. The SMILES string of the molecule is CC(=O)Nc1ccc(S(=O)(=O)N2C[C@@H]3C[C@H](C2)c2ccc(/C=C/c4ccc(Cl)cc4)c(=O)n2C3)cc1. The molecule has 5 rings (SSSR count). The minimum Gasteiger partial charge on any atom is -0.326 e. The number of aromatic nitrogens is 1. The Morgan fingerprint density at radius 1 is 0.972 bits per heavy atom. The first kappa shape index (κ1) is 24.5. The Bertz CT molecular complexity index is 1500. The van der Waals surface area contributed by atoms with Crippen molar-refractivity contribution in [2.45, 2.75) is 30.7 Å². The number of anilines is 1. The van der Waals surface area contributed by atoms with E-state index in [0.717, 1.165) is 17.7 Å². The third kappa shape index (κ3) is 4.89. The number of carbonyl (C=O) groups excluding carboxylic acids is 1. The summed E-state index contributed by atoms with van der Waals surface area (Å²) >= 11 is 5.94. The Morgan fingerprint density at radius 3 is 2.39 bits per heavy atom. The Kier molecular flexibility index (Phi) is 6.59. The zero-order chi connectivity index (χ0) is 25.4. The average Bonchev–Trinajstić information content (AvgIpc) is 2.85. The highest BCUT2D eigenvalue weighted by Gasteiger charge is 2.39. The molecule has 36 heavy (non-hydrogen) atoms. The van der Waals surface area contributed by atoms with E-state index >= 15 is 0 Å². The number of nitrogens with one attached hydrogen (secondary N) is 1. The summed E-state index contributed by atoms with van der Waals surface area (Å²) in [5.41, 5.74) is 2.91. The van der Waals surface area contributed by atoms with Gasteiger partial charge in [-0.2, -0.15) is 4.31 Å². The fourth-order valence-corrected chi connectivity index (χ4v) is 6.75. The van der Waals surface area contributed by atoms with Crippen molar-refractivity contribution in [3.63, 3.8) is 0 Å². The predicted molar refractivity (Wildman–Crippen MR) is 141 cm³/mol. The van der Waals surface area contributed by atoms with Gasteiger partial charge in [-0.05, 0) is 72.5 Å². The Morgan fingerprint density at radius 2 is 1.69 bits per heavy atom. The quantitative estimate of drug-likeness (QED) is 0.535. The van der Waals surface area contributed by atoms with Crippen LogP contribution in [0.15, 0.2) is 70.4 Å². The number of sulfonamides is 1. The summed E-state index contributed by atoms with van der Waals surface area (Å²) < 4.78 is 30.1. The molecule has 1 saturated heterocycles. The van der Waals surface area contributed by atoms with Crippen LogP contribution in [0, 0.1) is 5.92 Å². The van der Waals surface area contributed by atoms with Crippen LogP contribution in [0.3, 0.4) is 0 Å². The van der Waals surface area contributed by atoms with Crippen LogP contribution in [-0.2, 0) is 21.4 Å². The number of nitrogens with zero attached hydrogens (tertiary/aromatic N) is 2. The van der Waals surface area contributed by atoms with Crippen molar-refractivity contribution in [3.05, 3.63) is 92.9 Å². The molecule has 1 aromatic heterocycles. The molecule has 2 aliphatic heterocycles. The van der Waals surface area contributed by atoms with Gasteiger partial charge >= 0.3 is 0 Å². The molecule has 0 radical (unpaired) electrons. The highest BCUT2D eigenvalue weighted by molar-refractivity contribution is 7.89. The van der Waals surface area contributed by atoms with Crippen molar-refractivity contribution >= 4 is 45.4 Å². The molecule has 186 valence electrons. The van der Waals surface area contributed by atoms with Crippen molar-refractivity contribution in [2.75, 3.05) is 18.4 Å². The summed E-state index contributed by atoms with van der Waals surface area (Å²) in [4.78, 5) is 24.7. The molecule has 0 unspecified atom stereocenters. The van der Waals surface area contributed by atoms with Gasteiger partial charge in [0.2, 0.25) is 15.9 Å². The molecular formula is C27H26ClN3O4S. The van der Waals surface area contributed by atoms with Gasteiger partial charge in [0, 0.05) is 54.4 Å². The maximum Gasteiger partial charge on any atom is 0.258 e. The van der Waals surface area contributed by atoms with Crippen LogP contribution in [0.25, 0.3) is 12.2 Å². The minimum atomic E-state index is -3.70. The van der Waals surface area contributed by atoms with E-state index < -0.39 is 10.0 Å². The average molecular weight is 524 g/mol. The van der Waals surface area contributed by atoms with Gasteiger partial charge in [-0.3, -0.25) is 9.59 Å². The van der Waals surface area contributed by atoms with Crippen LogP contribution in [-0.4, -0.2) is 36.3 Å². The summed E-state index contributed by atoms with van der Waals surface area (Å²) in [6.07, 6.45) is 4.55. The van der Waals surface area contributed by atoms with Crippen molar-refractivity contribution < 1.29 is 13.2 Å². The maximum atomic E-state index is 13.4. The first-order chi connectivity index (χ1) is 17.2. The van der Waals surface area contributed by atoms with Gasteiger partial charge in [-0.15, -0.1) is 0 Å². The number of amides is 1. The molecule has 0 saturated carbocycles. The van der Waals surface area contributed by atoms with Gasteiger partial charge in [-0.25, -0.2) is 8.42 Å². The molecule has 2 aromatic carbocycles. The van der Waals surface area contributed by atoms with Crippen LogP contribution >= 0.6 is 11.6 Å². The molecule has 1 amide bonds. The van der Waals surface area contributed by atoms with Gasteiger partial charge in [0.25, 0.3) is 5.56 Å². The fraction of sp³-hybridized carbons (Fsp3) is 0.259. The topological polar surface area (TPSA) is 88.5 Å². The molecule has 0 aliphatic carbocycles. The van der Waals surface area contributed by atoms with E-state index in [1.807, 2.05) is 41.0 Å². The second-order valence-electron chi connectivity index (χ2n) is 9.34. The van der Waals surface area contributed by atoms with Crippen LogP contribution in [0.4, 0.5) is 5.69 Å². The van der Waals surface area contributed by atoms with E-state index in [1.54, 1.807) is 24.3 Å². The monoisotopic (exact) mass is 523 g/mol. The second kappa shape index (κ2) is 9.69. The molecule has 2 aliphatic rings. The maximum absolute atomic E-state index is 13.4. The third-order valence-electron chi connectivity index (χ3n) is 6.74. The highest BCUT2D eigenvalue weighted by Crippen LogP contribution is 2.37. The number of hydrogen-bond donors (Lipinski definition) is 1. The Labute approximate surface area is 215 Å². The van der Waals surface area contributed by atoms with Crippen LogP contribution < -0.4 is 10.9 Å². The molecule has 1 fully saturated rings.